The Hall–Kier alpha value is -0.900. The number of hydrogen-bond donors (Lipinski definition) is 0. The molecule has 0 N–H and O–H groups in total. The average molecular weight is 301 g/mol. The maximum Gasteiger partial charge on any atom is 0.162 e. The van der Waals surface area contributed by atoms with Gasteiger partial charge in [0, 0.05) is 16.8 Å². The van der Waals surface area contributed by atoms with E-state index in [1.54, 1.807) is 6.07 Å². The summed E-state index contributed by atoms with van der Waals surface area (Å²) in [6.07, 6.45) is 2.29. The molecule has 0 atom stereocenters. The van der Waals surface area contributed by atoms with Crippen molar-refractivity contribution in [1.82, 2.24) is 0 Å². The number of hydrogen-bond acceptors (Lipinski definition) is 2. The lowest BCUT2D eigenvalue weighted by molar-refractivity contribution is 0.101. The third kappa shape index (κ3) is 2.86. The zero-order chi connectivity index (χ0) is 12.5. The second-order valence-corrected chi connectivity index (χ2v) is 5.18. The van der Waals surface area contributed by atoms with Crippen LogP contribution in [0, 0.1) is 11.2 Å². The van der Waals surface area contributed by atoms with E-state index in [1.807, 2.05) is 0 Å². The molecule has 1 aromatic carbocycles. The fraction of sp³-hybridized carbons (Fsp3) is 0.462. The van der Waals surface area contributed by atoms with Gasteiger partial charge in [0.25, 0.3) is 0 Å². The summed E-state index contributed by atoms with van der Waals surface area (Å²) < 4.78 is 19.1. The second-order valence-electron chi connectivity index (χ2n) is 4.62. The summed E-state index contributed by atoms with van der Waals surface area (Å²) in [5.41, 5.74) is 0.342. The Bertz CT molecular complexity index is 441. The molecular formula is C13H14BrFO2. The molecule has 1 fully saturated rings. The molecule has 1 saturated carbocycles. The zero-order valence-corrected chi connectivity index (χ0v) is 11.2. The standard InChI is InChI=1S/C13H14BrFO2/c1-9(16)11-3-2-10(6-12(11)15)17-8-13(7-14)4-5-13/h2-3,6H,4-5,7-8H2,1H3. The molecule has 92 valence electrons. The molecule has 4 heteroatoms. The minimum atomic E-state index is -0.515. The lowest BCUT2D eigenvalue weighted by Crippen LogP contribution is -2.14. The van der Waals surface area contributed by atoms with Crippen LogP contribution in [0.1, 0.15) is 30.1 Å². The summed E-state index contributed by atoms with van der Waals surface area (Å²) in [4.78, 5) is 11.1. The van der Waals surface area contributed by atoms with Gasteiger partial charge in [0.15, 0.2) is 5.78 Å². The predicted molar refractivity (Wildman–Crippen MR) is 67.4 cm³/mol. The highest BCUT2D eigenvalue weighted by atomic mass is 79.9. The van der Waals surface area contributed by atoms with E-state index in [2.05, 4.69) is 15.9 Å². The van der Waals surface area contributed by atoms with Crippen molar-refractivity contribution in [2.75, 3.05) is 11.9 Å². The van der Waals surface area contributed by atoms with Gasteiger partial charge in [-0.2, -0.15) is 0 Å². The van der Waals surface area contributed by atoms with E-state index in [4.69, 9.17) is 4.74 Å². The summed E-state index contributed by atoms with van der Waals surface area (Å²) in [5, 5.41) is 0.911. The molecule has 0 bridgehead atoms. The molecule has 0 saturated heterocycles. The number of benzene rings is 1. The van der Waals surface area contributed by atoms with Gasteiger partial charge in [-0.15, -0.1) is 0 Å². The van der Waals surface area contributed by atoms with Gasteiger partial charge >= 0.3 is 0 Å². The number of carbonyl (C=O) groups excluding carboxylic acids is 1. The van der Waals surface area contributed by atoms with E-state index in [1.165, 1.54) is 19.1 Å². The Balaban J connectivity index is 2.03. The molecule has 0 aromatic heterocycles. The van der Waals surface area contributed by atoms with Crippen LogP contribution in [0.2, 0.25) is 0 Å². The van der Waals surface area contributed by atoms with Crippen molar-refractivity contribution in [2.24, 2.45) is 5.41 Å². The smallest absolute Gasteiger partial charge is 0.162 e. The summed E-state index contributed by atoms with van der Waals surface area (Å²) in [6, 6.07) is 4.39. The second kappa shape index (κ2) is 4.77. The van der Waals surface area contributed by atoms with Crippen molar-refractivity contribution in [1.29, 1.82) is 0 Å². The van der Waals surface area contributed by atoms with Gasteiger partial charge in [0.1, 0.15) is 11.6 Å². The Kier molecular flexibility index (Phi) is 3.52. The molecule has 2 nitrogen and oxygen atoms in total. The van der Waals surface area contributed by atoms with Gasteiger partial charge in [-0.1, -0.05) is 15.9 Å². The summed E-state index contributed by atoms with van der Waals surface area (Å²) in [5.74, 6) is -0.299. The quantitative estimate of drug-likeness (QED) is 0.614. The molecule has 0 spiro atoms. The molecule has 2 rings (SSSR count). The Morgan fingerprint density at radius 2 is 2.24 bits per heavy atom. The maximum absolute atomic E-state index is 13.5. The van der Waals surface area contributed by atoms with Gasteiger partial charge in [-0.05, 0) is 31.9 Å². The molecule has 0 unspecified atom stereocenters. The number of alkyl halides is 1. The van der Waals surface area contributed by atoms with Crippen molar-refractivity contribution < 1.29 is 13.9 Å². The van der Waals surface area contributed by atoms with Crippen LogP contribution < -0.4 is 4.74 Å². The van der Waals surface area contributed by atoms with Crippen LogP contribution in [0.15, 0.2) is 18.2 Å². The first-order valence-corrected chi connectivity index (χ1v) is 6.68. The van der Waals surface area contributed by atoms with Crippen LogP contribution in [0.25, 0.3) is 0 Å². The minimum Gasteiger partial charge on any atom is -0.493 e. The molecule has 0 aliphatic heterocycles. The first-order valence-electron chi connectivity index (χ1n) is 5.56. The highest BCUT2D eigenvalue weighted by molar-refractivity contribution is 9.09. The van der Waals surface area contributed by atoms with Crippen molar-refractivity contribution in [2.45, 2.75) is 19.8 Å². The molecule has 1 aromatic rings. The normalized spacial score (nSPS) is 16.6. The number of Topliss-reactive ketones (excluding diaryl/α,β-unsaturated/α-hetero) is 1. The molecule has 0 amide bonds. The van der Waals surface area contributed by atoms with Crippen LogP contribution >= 0.6 is 15.9 Å². The van der Waals surface area contributed by atoms with E-state index in [0.29, 0.717) is 12.4 Å². The topological polar surface area (TPSA) is 26.3 Å². The average Bonchev–Trinajstić information content (AvgIpc) is 3.07. The van der Waals surface area contributed by atoms with Crippen LogP contribution in [-0.4, -0.2) is 17.7 Å². The monoisotopic (exact) mass is 300 g/mol. The SMILES string of the molecule is CC(=O)c1ccc(OCC2(CBr)CC2)cc1F. The van der Waals surface area contributed by atoms with Gasteiger partial charge in [-0.3, -0.25) is 4.79 Å². The Morgan fingerprint density at radius 1 is 1.53 bits per heavy atom. The van der Waals surface area contributed by atoms with Gasteiger partial charge < -0.3 is 4.74 Å². The lowest BCUT2D eigenvalue weighted by atomic mass is 10.1. The van der Waals surface area contributed by atoms with Crippen molar-refractivity contribution in [3.05, 3.63) is 29.6 Å². The van der Waals surface area contributed by atoms with E-state index >= 15 is 0 Å². The number of rotatable bonds is 5. The largest absolute Gasteiger partial charge is 0.493 e. The zero-order valence-electron chi connectivity index (χ0n) is 9.63. The van der Waals surface area contributed by atoms with Crippen LogP contribution in [0.4, 0.5) is 4.39 Å². The van der Waals surface area contributed by atoms with Gasteiger partial charge in [-0.25, -0.2) is 4.39 Å². The van der Waals surface area contributed by atoms with Gasteiger partial charge in [0.05, 0.1) is 12.2 Å². The summed E-state index contributed by atoms with van der Waals surface area (Å²) >= 11 is 3.45. The third-order valence-electron chi connectivity index (χ3n) is 3.11. The fourth-order valence-electron chi connectivity index (χ4n) is 1.60. The minimum absolute atomic E-state index is 0.110. The molecule has 1 aliphatic carbocycles. The van der Waals surface area contributed by atoms with Crippen LogP contribution in [-0.2, 0) is 0 Å². The lowest BCUT2D eigenvalue weighted by Gasteiger charge is -2.13. The van der Waals surface area contributed by atoms with Crippen LogP contribution in [0.3, 0.4) is 0 Å². The highest BCUT2D eigenvalue weighted by Crippen LogP contribution is 2.47. The summed E-state index contributed by atoms with van der Waals surface area (Å²) in [6.45, 7) is 1.94. The van der Waals surface area contributed by atoms with Gasteiger partial charge in [0.2, 0.25) is 0 Å². The van der Waals surface area contributed by atoms with E-state index < -0.39 is 5.82 Å². The van der Waals surface area contributed by atoms with Crippen LogP contribution in [0.5, 0.6) is 5.75 Å². The first-order chi connectivity index (χ1) is 8.06. The maximum atomic E-state index is 13.5. The first kappa shape index (κ1) is 12.6. The number of ketones is 1. The van der Waals surface area contributed by atoms with E-state index in [-0.39, 0.29) is 16.8 Å². The number of carbonyl (C=O) groups is 1. The molecular weight excluding hydrogens is 287 g/mol. The molecule has 0 radical (unpaired) electrons. The Morgan fingerprint density at radius 3 is 2.71 bits per heavy atom. The van der Waals surface area contributed by atoms with E-state index in [9.17, 15) is 9.18 Å². The highest BCUT2D eigenvalue weighted by Gasteiger charge is 2.42. The number of ether oxygens (including phenoxy) is 1. The predicted octanol–water partition coefficient (Wildman–Crippen LogP) is 3.58. The molecule has 17 heavy (non-hydrogen) atoms. The van der Waals surface area contributed by atoms with Crippen molar-refractivity contribution >= 4 is 21.7 Å². The van der Waals surface area contributed by atoms with E-state index in [0.717, 1.165) is 18.2 Å². The molecule has 1 aliphatic rings. The summed E-state index contributed by atoms with van der Waals surface area (Å²) in [7, 11) is 0. The van der Waals surface area contributed by atoms with Crippen molar-refractivity contribution in [3.63, 3.8) is 0 Å². The van der Waals surface area contributed by atoms with Crippen molar-refractivity contribution in [3.8, 4) is 5.75 Å². The third-order valence-corrected chi connectivity index (χ3v) is 4.29. The Labute approximate surface area is 108 Å². The molecule has 0 heterocycles. The number of halogens is 2. The fourth-order valence-corrected chi connectivity index (χ4v) is 2.32.